The van der Waals surface area contributed by atoms with E-state index < -0.39 is 0 Å². The van der Waals surface area contributed by atoms with Crippen molar-refractivity contribution in [1.29, 1.82) is 5.26 Å². The van der Waals surface area contributed by atoms with E-state index in [-0.39, 0.29) is 5.75 Å². The van der Waals surface area contributed by atoms with Gasteiger partial charge in [0.15, 0.2) is 11.5 Å². The summed E-state index contributed by atoms with van der Waals surface area (Å²) >= 11 is 0. The molecule has 0 aliphatic heterocycles. The van der Waals surface area contributed by atoms with Crippen molar-refractivity contribution in [3.05, 3.63) is 47.3 Å². The number of benzene rings is 1. The molecular formula is C14H12N2O2. The van der Waals surface area contributed by atoms with Gasteiger partial charge in [0.1, 0.15) is 17.4 Å². The summed E-state index contributed by atoms with van der Waals surface area (Å²) in [6, 6.07) is 10.4. The van der Waals surface area contributed by atoms with E-state index in [2.05, 4.69) is 11.1 Å². The van der Waals surface area contributed by atoms with Crippen molar-refractivity contribution in [3.8, 4) is 23.3 Å². The molecule has 0 amide bonds. The summed E-state index contributed by atoms with van der Waals surface area (Å²) in [5, 5.41) is 18.8. The minimum Gasteiger partial charge on any atom is -0.504 e. The number of aromatic nitrogens is 1. The maximum Gasteiger partial charge on any atom is 0.169 e. The number of rotatable bonds is 2. The predicted molar refractivity (Wildman–Crippen MR) is 66.6 cm³/mol. The van der Waals surface area contributed by atoms with Crippen molar-refractivity contribution in [2.75, 3.05) is 0 Å². The maximum absolute atomic E-state index is 9.65. The number of ether oxygens (including phenoxy) is 1. The average molecular weight is 240 g/mol. The van der Waals surface area contributed by atoms with Crippen LogP contribution in [0.4, 0.5) is 0 Å². The molecule has 1 aromatic heterocycles. The van der Waals surface area contributed by atoms with E-state index in [1.165, 1.54) is 6.07 Å². The summed E-state index contributed by atoms with van der Waals surface area (Å²) in [7, 11) is 0. The number of pyridine rings is 1. The molecule has 0 saturated heterocycles. The van der Waals surface area contributed by atoms with Crippen LogP contribution in [0.2, 0.25) is 0 Å². The van der Waals surface area contributed by atoms with Crippen LogP contribution >= 0.6 is 0 Å². The van der Waals surface area contributed by atoms with Crippen molar-refractivity contribution >= 4 is 0 Å². The molecule has 2 rings (SSSR count). The normalized spacial score (nSPS) is 9.83. The van der Waals surface area contributed by atoms with Crippen LogP contribution in [0, 0.1) is 25.2 Å². The number of phenolic OH excluding ortho intramolecular Hbond substituents is 1. The van der Waals surface area contributed by atoms with Gasteiger partial charge in [-0.05, 0) is 26.0 Å². The number of para-hydroxylation sites is 2. The molecule has 18 heavy (non-hydrogen) atoms. The van der Waals surface area contributed by atoms with Gasteiger partial charge >= 0.3 is 0 Å². The highest BCUT2D eigenvalue weighted by molar-refractivity contribution is 5.50. The minimum atomic E-state index is 0.0357. The van der Waals surface area contributed by atoms with Gasteiger partial charge in [0.05, 0.1) is 5.69 Å². The lowest BCUT2D eigenvalue weighted by Crippen LogP contribution is -1.96. The third-order valence-electron chi connectivity index (χ3n) is 2.49. The second-order valence-corrected chi connectivity index (χ2v) is 3.90. The van der Waals surface area contributed by atoms with Crippen molar-refractivity contribution in [1.82, 2.24) is 4.98 Å². The number of nitriles is 1. The fourth-order valence-electron chi connectivity index (χ4n) is 1.67. The molecule has 2 aromatic rings. The molecule has 0 radical (unpaired) electrons. The fraction of sp³-hybridized carbons (Fsp3) is 0.143. The van der Waals surface area contributed by atoms with Gasteiger partial charge in [-0.1, -0.05) is 12.1 Å². The monoisotopic (exact) mass is 240 g/mol. The van der Waals surface area contributed by atoms with Crippen molar-refractivity contribution in [2.45, 2.75) is 13.8 Å². The Balaban J connectivity index is 2.47. The molecular weight excluding hydrogens is 228 g/mol. The number of aromatic hydroxyl groups is 1. The van der Waals surface area contributed by atoms with Gasteiger partial charge in [0.2, 0.25) is 0 Å². The Bertz CT molecular complexity index is 630. The van der Waals surface area contributed by atoms with Crippen LogP contribution in [0.15, 0.2) is 30.3 Å². The third-order valence-corrected chi connectivity index (χ3v) is 2.49. The van der Waals surface area contributed by atoms with Gasteiger partial charge in [-0.2, -0.15) is 5.26 Å². The molecule has 0 bridgehead atoms. The lowest BCUT2D eigenvalue weighted by atomic mass is 10.2. The first-order valence-corrected chi connectivity index (χ1v) is 5.46. The molecule has 0 spiro atoms. The Hall–Kier alpha value is -2.54. The molecule has 0 atom stereocenters. The Morgan fingerprint density at radius 2 is 1.94 bits per heavy atom. The SMILES string of the molecule is Cc1cc(Oc2ccccc2O)c(C#N)c(C)n1. The van der Waals surface area contributed by atoms with Crippen LogP contribution in [0.5, 0.6) is 17.2 Å². The van der Waals surface area contributed by atoms with E-state index in [1.807, 2.05) is 6.92 Å². The largest absolute Gasteiger partial charge is 0.504 e. The lowest BCUT2D eigenvalue weighted by Gasteiger charge is -2.10. The number of hydrogen-bond donors (Lipinski definition) is 1. The van der Waals surface area contributed by atoms with Gasteiger partial charge in [-0.25, -0.2) is 0 Å². The first-order valence-electron chi connectivity index (χ1n) is 5.46. The molecule has 4 heteroatoms. The number of nitrogens with zero attached hydrogens (tertiary/aromatic N) is 2. The summed E-state index contributed by atoms with van der Waals surface area (Å²) in [5.41, 5.74) is 1.75. The van der Waals surface area contributed by atoms with Crippen LogP contribution in [0.1, 0.15) is 17.0 Å². The fourth-order valence-corrected chi connectivity index (χ4v) is 1.67. The molecule has 0 aliphatic rings. The van der Waals surface area contributed by atoms with E-state index in [0.29, 0.717) is 22.8 Å². The van der Waals surface area contributed by atoms with Crippen molar-refractivity contribution < 1.29 is 9.84 Å². The van der Waals surface area contributed by atoms with Crippen molar-refractivity contribution in [2.24, 2.45) is 0 Å². The summed E-state index contributed by atoms with van der Waals surface area (Å²) in [6.07, 6.45) is 0. The highest BCUT2D eigenvalue weighted by Crippen LogP contribution is 2.32. The molecule has 0 aliphatic carbocycles. The minimum absolute atomic E-state index is 0.0357. The zero-order valence-corrected chi connectivity index (χ0v) is 10.1. The smallest absolute Gasteiger partial charge is 0.169 e. The maximum atomic E-state index is 9.65. The summed E-state index contributed by atoms with van der Waals surface area (Å²) in [6.45, 7) is 3.58. The quantitative estimate of drug-likeness (QED) is 0.876. The molecule has 4 nitrogen and oxygen atoms in total. The predicted octanol–water partition coefficient (Wildman–Crippen LogP) is 3.07. The first kappa shape index (κ1) is 11.9. The highest BCUT2D eigenvalue weighted by atomic mass is 16.5. The molecule has 1 heterocycles. The van der Waals surface area contributed by atoms with E-state index in [4.69, 9.17) is 10.00 Å². The lowest BCUT2D eigenvalue weighted by molar-refractivity contribution is 0.410. The third kappa shape index (κ3) is 2.25. The molecule has 0 fully saturated rings. The molecule has 0 saturated carbocycles. The van der Waals surface area contributed by atoms with E-state index in [1.54, 1.807) is 31.2 Å². The zero-order chi connectivity index (χ0) is 13.1. The topological polar surface area (TPSA) is 66.1 Å². The Morgan fingerprint density at radius 3 is 2.61 bits per heavy atom. The van der Waals surface area contributed by atoms with Gasteiger partial charge in [-0.3, -0.25) is 4.98 Å². The molecule has 90 valence electrons. The average Bonchev–Trinajstić information content (AvgIpc) is 2.31. The second-order valence-electron chi connectivity index (χ2n) is 3.90. The van der Waals surface area contributed by atoms with E-state index in [9.17, 15) is 5.11 Å². The number of phenols is 1. The first-order chi connectivity index (χ1) is 8.61. The highest BCUT2D eigenvalue weighted by Gasteiger charge is 2.11. The Labute approximate surface area is 105 Å². The van der Waals surface area contributed by atoms with E-state index in [0.717, 1.165) is 5.69 Å². The molecule has 1 N–H and O–H groups in total. The van der Waals surface area contributed by atoms with Crippen LogP contribution in [-0.2, 0) is 0 Å². The molecule has 1 aromatic carbocycles. The van der Waals surface area contributed by atoms with Crippen LogP contribution in [0.3, 0.4) is 0 Å². The van der Waals surface area contributed by atoms with E-state index >= 15 is 0 Å². The van der Waals surface area contributed by atoms with Gasteiger partial charge in [0, 0.05) is 11.8 Å². The molecule has 0 unspecified atom stereocenters. The number of aryl methyl sites for hydroxylation is 2. The van der Waals surface area contributed by atoms with Crippen LogP contribution in [0.25, 0.3) is 0 Å². The Kier molecular flexibility index (Phi) is 3.16. The summed E-state index contributed by atoms with van der Waals surface area (Å²) < 4.78 is 5.58. The second kappa shape index (κ2) is 4.76. The Morgan fingerprint density at radius 1 is 1.22 bits per heavy atom. The summed E-state index contributed by atoms with van der Waals surface area (Å²) in [5.74, 6) is 0.761. The standard InChI is InChI=1S/C14H12N2O2/c1-9-7-14(11(8-15)10(2)16-9)18-13-6-4-3-5-12(13)17/h3-7,17H,1-2H3. The van der Waals surface area contributed by atoms with Crippen LogP contribution in [-0.4, -0.2) is 10.1 Å². The van der Waals surface area contributed by atoms with Gasteiger partial charge < -0.3 is 9.84 Å². The number of hydrogen-bond acceptors (Lipinski definition) is 4. The van der Waals surface area contributed by atoms with Gasteiger partial charge in [0.25, 0.3) is 0 Å². The van der Waals surface area contributed by atoms with Crippen molar-refractivity contribution in [3.63, 3.8) is 0 Å². The van der Waals surface area contributed by atoms with Crippen LogP contribution < -0.4 is 4.74 Å². The zero-order valence-electron chi connectivity index (χ0n) is 10.1. The summed E-state index contributed by atoms with van der Waals surface area (Å²) in [4.78, 5) is 4.20. The van der Waals surface area contributed by atoms with Gasteiger partial charge in [-0.15, -0.1) is 0 Å².